The van der Waals surface area contributed by atoms with Crippen LogP contribution in [0.2, 0.25) is 0 Å². The highest BCUT2D eigenvalue weighted by Gasteiger charge is 2.08. The fourth-order valence-electron chi connectivity index (χ4n) is 0.411. The third kappa shape index (κ3) is 1.26. The van der Waals surface area contributed by atoms with Crippen LogP contribution in [0.1, 0.15) is 12.1 Å². The highest BCUT2D eigenvalue weighted by Crippen LogP contribution is 1.99. The molecule has 0 aliphatic rings. The van der Waals surface area contributed by atoms with Crippen molar-refractivity contribution < 1.29 is 9.53 Å². The number of hydrogen-bond acceptors (Lipinski definition) is 6. The summed E-state index contributed by atoms with van der Waals surface area (Å²) in [4.78, 5) is 9.73. The first-order valence-electron chi connectivity index (χ1n) is 2.43. The van der Waals surface area contributed by atoms with E-state index in [2.05, 4.69) is 25.4 Å². The van der Waals surface area contributed by atoms with Gasteiger partial charge in [-0.25, -0.2) is 5.10 Å². The number of aromatic amines is 1. The monoisotopic (exact) mass is 143 g/mol. The minimum absolute atomic E-state index is 0.215. The van der Waals surface area contributed by atoms with Crippen molar-refractivity contribution in [3.8, 4) is 0 Å². The van der Waals surface area contributed by atoms with Gasteiger partial charge in [0.2, 0.25) is 12.1 Å². The van der Waals surface area contributed by atoms with Gasteiger partial charge in [-0.15, -0.1) is 5.10 Å². The molecule has 1 atom stereocenters. The molecule has 10 heavy (non-hydrogen) atoms. The summed E-state index contributed by atoms with van der Waals surface area (Å²) in [7, 11) is 0. The average molecular weight is 143 g/mol. The molecule has 0 aliphatic heterocycles. The van der Waals surface area contributed by atoms with Crippen LogP contribution in [0.3, 0.4) is 0 Å². The molecule has 1 aromatic heterocycles. The normalized spacial score (nSPS) is 12.5. The largest absolute Gasteiger partial charge is 0.441 e. The molecule has 3 N–H and O–H groups in total. The smallest absolute Gasteiger partial charge is 0.295 e. The first-order valence-corrected chi connectivity index (χ1v) is 2.43. The summed E-state index contributed by atoms with van der Waals surface area (Å²) < 4.78 is 4.31. The van der Waals surface area contributed by atoms with Gasteiger partial charge >= 0.3 is 0 Å². The molecule has 0 aromatic carbocycles. The fraction of sp³-hybridized carbons (Fsp3) is 0.333. The van der Waals surface area contributed by atoms with Gasteiger partial charge in [-0.05, 0) is 10.4 Å². The lowest BCUT2D eigenvalue weighted by Gasteiger charge is -2.01. The van der Waals surface area contributed by atoms with Crippen LogP contribution in [0.4, 0.5) is 0 Å². The van der Waals surface area contributed by atoms with Gasteiger partial charge in [-0.3, -0.25) is 10.5 Å². The zero-order chi connectivity index (χ0) is 7.40. The first-order chi connectivity index (χ1) is 4.84. The predicted molar refractivity (Wildman–Crippen MR) is 28.3 cm³/mol. The van der Waals surface area contributed by atoms with Crippen LogP contribution in [0, 0.1) is 0 Å². The van der Waals surface area contributed by atoms with Crippen molar-refractivity contribution in [2.45, 2.75) is 6.23 Å². The molecule has 0 spiro atoms. The zero-order valence-corrected chi connectivity index (χ0v) is 4.89. The van der Waals surface area contributed by atoms with E-state index in [-0.39, 0.29) is 12.3 Å². The van der Waals surface area contributed by atoms with E-state index >= 15 is 0 Å². The van der Waals surface area contributed by atoms with Gasteiger partial charge in [0, 0.05) is 0 Å². The second kappa shape index (κ2) is 2.87. The Morgan fingerprint density at radius 1 is 1.80 bits per heavy atom. The van der Waals surface area contributed by atoms with E-state index in [0.29, 0.717) is 0 Å². The molecule has 0 fully saturated rings. The molecule has 0 amide bonds. The van der Waals surface area contributed by atoms with Crippen molar-refractivity contribution in [3.05, 3.63) is 5.82 Å². The zero-order valence-electron chi connectivity index (χ0n) is 4.89. The molecule has 0 radical (unpaired) electrons. The molecule has 1 heterocycles. The van der Waals surface area contributed by atoms with Crippen LogP contribution in [0.5, 0.6) is 0 Å². The van der Waals surface area contributed by atoms with Gasteiger partial charge in [0.15, 0.2) is 0 Å². The molecular formula is C3H5N5O2. The molecule has 1 unspecified atom stereocenters. The van der Waals surface area contributed by atoms with Crippen molar-refractivity contribution in [1.82, 2.24) is 20.6 Å². The molecule has 1 rings (SSSR count). The van der Waals surface area contributed by atoms with E-state index in [1.807, 2.05) is 0 Å². The minimum atomic E-state index is -0.910. The molecular weight excluding hydrogens is 138 g/mol. The highest BCUT2D eigenvalue weighted by molar-refractivity contribution is 5.37. The molecule has 1 aromatic rings. The quantitative estimate of drug-likeness (QED) is 0.387. The lowest BCUT2D eigenvalue weighted by molar-refractivity contribution is -0.133. The van der Waals surface area contributed by atoms with E-state index in [1.165, 1.54) is 0 Å². The van der Waals surface area contributed by atoms with Crippen LogP contribution < -0.4 is 5.73 Å². The number of nitrogens with one attached hydrogen (secondary N) is 1. The molecule has 0 saturated heterocycles. The Morgan fingerprint density at radius 2 is 2.60 bits per heavy atom. The maximum atomic E-state index is 9.73. The number of carbonyl (C=O) groups is 1. The highest BCUT2D eigenvalue weighted by atomic mass is 16.5. The maximum Gasteiger partial charge on any atom is 0.295 e. The van der Waals surface area contributed by atoms with E-state index in [1.54, 1.807) is 0 Å². The number of tetrazole rings is 1. The fourth-order valence-corrected chi connectivity index (χ4v) is 0.411. The van der Waals surface area contributed by atoms with Gasteiger partial charge < -0.3 is 4.74 Å². The summed E-state index contributed by atoms with van der Waals surface area (Å²) >= 11 is 0. The third-order valence-electron chi connectivity index (χ3n) is 0.833. The van der Waals surface area contributed by atoms with Crippen LogP contribution in [0.15, 0.2) is 0 Å². The van der Waals surface area contributed by atoms with E-state index in [9.17, 15) is 4.79 Å². The number of H-pyrrole nitrogens is 1. The number of carbonyl (C=O) groups excluding carboxylic acids is 1. The number of ether oxygens (including phenoxy) is 1. The van der Waals surface area contributed by atoms with Crippen LogP contribution in [-0.2, 0) is 9.53 Å². The average Bonchev–Trinajstić information content (AvgIpc) is 2.38. The van der Waals surface area contributed by atoms with Crippen LogP contribution >= 0.6 is 0 Å². The van der Waals surface area contributed by atoms with Crippen molar-refractivity contribution in [2.24, 2.45) is 5.73 Å². The molecule has 0 bridgehead atoms. The first kappa shape index (κ1) is 6.62. The Kier molecular flexibility index (Phi) is 1.90. The molecule has 54 valence electrons. The topological polar surface area (TPSA) is 107 Å². The SMILES string of the molecule is NC(OC=O)c1nnn[nH]1. The lowest BCUT2D eigenvalue weighted by Crippen LogP contribution is -2.15. The molecule has 0 saturated carbocycles. The predicted octanol–water partition coefficient (Wildman–Crippen LogP) is -1.67. The summed E-state index contributed by atoms with van der Waals surface area (Å²) in [6.45, 7) is 0.229. The molecule has 7 heteroatoms. The number of aromatic nitrogens is 4. The Hall–Kier alpha value is -1.50. The Balaban J connectivity index is 2.58. The standard InChI is InChI=1S/C3H5N5O2/c4-2(10-1-9)3-5-7-8-6-3/h1-2H,4H2,(H,5,6,7,8). The number of hydrogen-bond donors (Lipinski definition) is 2. The number of nitrogens with zero attached hydrogens (tertiary/aromatic N) is 3. The Labute approximate surface area is 55.5 Å². The molecule has 7 nitrogen and oxygen atoms in total. The van der Waals surface area contributed by atoms with E-state index in [0.717, 1.165) is 0 Å². The van der Waals surface area contributed by atoms with Crippen LogP contribution in [0.25, 0.3) is 0 Å². The maximum absolute atomic E-state index is 9.73. The number of nitrogens with two attached hydrogens (primary N) is 1. The van der Waals surface area contributed by atoms with Crippen molar-refractivity contribution in [3.63, 3.8) is 0 Å². The Bertz CT molecular complexity index is 197. The van der Waals surface area contributed by atoms with E-state index < -0.39 is 6.23 Å². The summed E-state index contributed by atoms with van der Waals surface area (Å²) in [6.07, 6.45) is -0.910. The Morgan fingerprint density at radius 3 is 3.10 bits per heavy atom. The second-order valence-corrected chi connectivity index (χ2v) is 1.44. The third-order valence-corrected chi connectivity index (χ3v) is 0.833. The van der Waals surface area contributed by atoms with Crippen molar-refractivity contribution in [2.75, 3.05) is 0 Å². The minimum Gasteiger partial charge on any atom is -0.441 e. The molecule has 0 aliphatic carbocycles. The van der Waals surface area contributed by atoms with Gasteiger partial charge in [0.1, 0.15) is 0 Å². The summed E-state index contributed by atoms with van der Waals surface area (Å²) in [6, 6.07) is 0. The van der Waals surface area contributed by atoms with Crippen molar-refractivity contribution in [1.29, 1.82) is 0 Å². The second-order valence-electron chi connectivity index (χ2n) is 1.44. The van der Waals surface area contributed by atoms with Gasteiger partial charge in [0.25, 0.3) is 6.47 Å². The van der Waals surface area contributed by atoms with Gasteiger partial charge in [0.05, 0.1) is 0 Å². The van der Waals surface area contributed by atoms with E-state index in [4.69, 9.17) is 5.73 Å². The number of rotatable bonds is 3. The van der Waals surface area contributed by atoms with Gasteiger partial charge in [-0.1, -0.05) is 0 Å². The summed E-state index contributed by atoms with van der Waals surface area (Å²) in [5.41, 5.74) is 5.22. The summed E-state index contributed by atoms with van der Waals surface area (Å²) in [5, 5.41) is 12.2. The summed E-state index contributed by atoms with van der Waals surface area (Å²) in [5.74, 6) is 0.215. The van der Waals surface area contributed by atoms with Crippen LogP contribution in [-0.4, -0.2) is 27.1 Å². The lowest BCUT2D eigenvalue weighted by atomic mass is 10.6. The van der Waals surface area contributed by atoms with Crippen molar-refractivity contribution >= 4 is 6.47 Å². The van der Waals surface area contributed by atoms with Gasteiger partial charge in [-0.2, -0.15) is 0 Å².